The highest BCUT2D eigenvalue weighted by Crippen LogP contribution is 2.24. The van der Waals surface area contributed by atoms with Gasteiger partial charge in [-0.05, 0) is 25.5 Å². The summed E-state index contributed by atoms with van der Waals surface area (Å²) in [6, 6.07) is 5.10. The van der Waals surface area contributed by atoms with Crippen molar-refractivity contribution in [3.63, 3.8) is 0 Å². The number of ether oxygens (including phenoxy) is 3. The van der Waals surface area contributed by atoms with Crippen LogP contribution in [0.2, 0.25) is 0 Å². The molecule has 1 saturated heterocycles. The molecule has 0 radical (unpaired) electrons. The molecule has 1 aliphatic heterocycles. The van der Waals surface area contributed by atoms with E-state index in [4.69, 9.17) is 19.9 Å². The molecule has 20 heavy (non-hydrogen) atoms. The highest BCUT2D eigenvalue weighted by molar-refractivity contribution is 5.96. The molecule has 1 aliphatic rings. The molecule has 0 bridgehead atoms. The summed E-state index contributed by atoms with van der Waals surface area (Å²) in [5, 5.41) is 2.75. The van der Waals surface area contributed by atoms with Gasteiger partial charge in [-0.15, -0.1) is 0 Å². The Bertz CT molecular complexity index is 472. The third kappa shape index (κ3) is 3.61. The first-order valence-electron chi connectivity index (χ1n) is 6.57. The molecule has 6 nitrogen and oxygen atoms in total. The Balaban J connectivity index is 1.92. The Morgan fingerprint density at radius 2 is 2.35 bits per heavy atom. The first-order valence-corrected chi connectivity index (χ1v) is 6.57. The lowest BCUT2D eigenvalue weighted by Gasteiger charge is -2.18. The molecule has 1 heterocycles. The van der Waals surface area contributed by atoms with Gasteiger partial charge >= 0.3 is 0 Å². The number of amides is 1. The fraction of sp³-hybridized carbons (Fsp3) is 0.500. The fourth-order valence-electron chi connectivity index (χ4n) is 1.99. The minimum absolute atomic E-state index is 0.0102. The van der Waals surface area contributed by atoms with Gasteiger partial charge in [0.2, 0.25) is 0 Å². The highest BCUT2D eigenvalue weighted by Gasteiger charge is 2.23. The second kappa shape index (κ2) is 6.58. The number of carbonyl (C=O) groups excluding carboxylic acids is 1. The summed E-state index contributed by atoms with van der Waals surface area (Å²) in [7, 11) is 1.56. The van der Waals surface area contributed by atoms with Crippen LogP contribution in [0.15, 0.2) is 18.2 Å². The van der Waals surface area contributed by atoms with Crippen molar-refractivity contribution in [2.45, 2.75) is 25.6 Å². The molecule has 0 saturated carbocycles. The molecule has 0 aromatic heterocycles. The SMILES string of the molecule is COc1ccc(NC(=O)C(C)OC2CCOC2)c(N)c1. The monoisotopic (exact) mass is 280 g/mol. The van der Waals surface area contributed by atoms with E-state index in [1.807, 2.05) is 0 Å². The Morgan fingerprint density at radius 3 is 2.95 bits per heavy atom. The van der Waals surface area contributed by atoms with Crippen molar-refractivity contribution in [2.75, 3.05) is 31.4 Å². The number of hydrogen-bond donors (Lipinski definition) is 2. The van der Waals surface area contributed by atoms with Crippen molar-refractivity contribution in [2.24, 2.45) is 0 Å². The van der Waals surface area contributed by atoms with Gasteiger partial charge in [-0.25, -0.2) is 0 Å². The van der Waals surface area contributed by atoms with E-state index in [1.54, 1.807) is 32.2 Å². The molecule has 6 heteroatoms. The van der Waals surface area contributed by atoms with Crippen LogP contribution in [0, 0.1) is 0 Å². The van der Waals surface area contributed by atoms with Crippen LogP contribution in [0.4, 0.5) is 11.4 Å². The minimum atomic E-state index is -0.553. The summed E-state index contributed by atoms with van der Waals surface area (Å²) in [5.41, 5.74) is 6.86. The van der Waals surface area contributed by atoms with E-state index >= 15 is 0 Å². The summed E-state index contributed by atoms with van der Waals surface area (Å²) in [5.74, 6) is 0.418. The standard InChI is InChI=1S/C14H20N2O4/c1-9(20-11-5-6-19-8-11)14(17)16-13-4-3-10(18-2)7-12(13)15/h3-4,7,9,11H,5-6,8,15H2,1-2H3,(H,16,17). The number of nitrogens with two attached hydrogens (primary N) is 1. The summed E-state index contributed by atoms with van der Waals surface area (Å²) >= 11 is 0. The van der Waals surface area contributed by atoms with E-state index in [0.717, 1.165) is 6.42 Å². The van der Waals surface area contributed by atoms with Gasteiger partial charge in [0.1, 0.15) is 11.9 Å². The minimum Gasteiger partial charge on any atom is -0.497 e. The maximum Gasteiger partial charge on any atom is 0.253 e. The van der Waals surface area contributed by atoms with Gasteiger partial charge in [0.25, 0.3) is 5.91 Å². The van der Waals surface area contributed by atoms with Crippen LogP contribution in [0.25, 0.3) is 0 Å². The lowest BCUT2D eigenvalue weighted by Crippen LogP contribution is -2.32. The lowest BCUT2D eigenvalue weighted by atomic mass is 10.2. The predicted octanol–water partition coefficient (Wildman–Crippen LogP) is 1.41. The molecule has 1 aromatic rings. The van der Waals surface area contributed by atoms with Crippen LogP contribution in [0.3, 0.4) is 0 Å². The average molecular weight is 280 g/mol. The molecule has 0 aliphatic carbocycles. The van der Waals surface area contributed by atoms with Crippen LogP contribution < -0.4 is 15.8 Å². The van der Waals surface area contributed by atoms with E-state index in [9.17, 15) is 4.79 Å². The van der Waals surface area contributed by atoms with Gasteiger partial charge in [0, 0.05) is 12.7 Å². The molecule has 1 aromatic carbocycles. The topological polar surface area (TPSA) is 82.8 Å². The van der Waals surface area contributed by atoms with E-state index in [0.29, 0.717) is 30.3 Å². The first kappa shape index (κ1) is 14.6. The van der Waals surface area contributed by atoms with E-state index in [-0.39, 0.29) is 12.0 Å². The summed E-state index contributed by atoms with van der Waals surface area (Å²) in [6.45, 7) is 2.94. The molecule has 3 N–H and O–H groups in total. The average Bonchev–Trinajstić information content (AvgIpc) is 2.93. The number of methoxy groups -OCH3 is 1. The molecule has 1 fully saturated rings. The van der Waals surface area contributed by atoms with Crippen LogP contribution in [0.5, 0.6) is 5.75 Å². The van der Waals surface area contributed by atoms with Gasteiger partial charge in [-0.1, -0.05) is 0 Å². The van der Waals surface area contributed by atoms with Crippen molar-refractivity contribution >= 4 is 17.3 Å². The Labute approximate surface area is 118 Å². The van der Waals surface area contributed by atoms with E-state index in [2.05, 4.69) is 5.32 Å². The number of hydrogen-bond acceptors (Lipinski definition) is 5. The normalized spacial score (nSPS) is 19.6. The molecule has 2 unspecified atom stereocenters. The maximum atomic E-state index is 12.0. The molecule has 2 atom stereocenters. The smallest absolute Gasteiger partial charge is 0.253 e. The van der Waals surface area contributed by atoms with Crippen LogP contribution >= 0.6 is 0 Å². The molecular formula is C14H20N2O4. The van der Waals surface area contributed by atoms with Crippen molar-refractivity contribution in [3.05, 3.63) is 18.2 Å². The van der Waals surface area contributed by atoms with Crippen molar-refractivity contribution in [3.8, 4) is 5.75 Å². The van der Waals surface area contributed by atoms with Crippen LogP contribution in [0.1, 0.15) is 13.3 Å². The maximum absolute atomic E-state index is 12.0. The summed E-state index contributed by atoms with van der Waals surface area (Å²) < 4.78 is 15.9. The largest absolute Gasteiger partial charge is 0.497 e. The quantitative estimate of drug-likeness (QED) is 0.797. The van der Waals surface area contributed by atoms with Gasteiger partial charge in [0.15, 0.2) is 0 Å². The number of benzene rings is 1. The number of anilines is 2. The molecule has 0 spiro atoms. The van der Waals surface area contributed by atoms with Gasteiger partial charge in [0.05, 0.1) is 31.2 Å². The fourth-order valence-corrected chi connectivity index (χ4v) is 1.99. The Kier molecular flexibility index (Phi) is 4.81. The second-order valence-electron chi connectivity index (χ2n) is 4.71. The second-order valence-corrected chi connectivity index (χ2v) is 4.71. The third-order valence-electron chi connectivity index (χ3n) is 3.17. The molecule has 110 valence electrons. The van der Waals surface area contributed by atoms with E-state index in [1.165, 1.54) is 0 Å². The lowest BCUT2D eigenvalue weighted by molar-refractivity contribution is -0.129. The zero-order valence-corrected chi connectivity index (χ0v) is 11.7. The van der Waals surface area contributed by atoms with Gasteiger partial charge in [-0.3, -0.25) is 4.79 Å². The van der Waals surface area contributed by atoms with Crippen molar-refractivity contribution in [1.82, 2.24) is 0 Å². The number of nitrogen functional groups attached to an aromatic ring is 1. The van der Waals surface area contributed by atoms with Crippen LogP contribution in [-0.4, -0.2) is 38.4 Å². The van der Waals surface area contributed by atoms with E-state index < -0.39 is 6.10 Å². The van der Waals surface area contributed by atoms with Gasteiger partial charge in [-0.2, -0.15) is 0 Å². The number of rotatable bonds is 5. The summed E-state index contributed by atoms with van der Waals surface area (Å²) in [6.07, 6.45) is 0.259. The van der Waals surface area contributed by atoms with Crippen molar-refractivity contribution in [1.29, 1.82) is 0 Å². The van der Waals surface area contributed by atoms with Crippen LogP contribution in [-0.2, 0) is 14.3 Å². The molecule has 2 rings (SSSR count). The zero-order valence-electron chi connectivity index (χ0n) is 11.7. The Morgan fingerprint density at radius 1 is 1.55 bits per heavy atom. The third-order valence-corrected chi connectivity index (χ3v) is 3.17. The van der Waals surface area contributed by atoms with Crippen molar-refractivity contribution < 1.29 is 19.0 Å². The molecular weight excluding hydrogens is 260 g/mol. The van der Waals surface area contributed by atoms with Gasteiger partial charge < -0.3 is 25.3 Å². The molecule has 1 amide bonds. The zero-order chi connectivity index (χ0) is 14.5. The highest BCUT2D eigenvalue weighted by atomic mass is 16.6. The predicted molar refractivity (Wildman–Crippen MR) is 75.8 cm³/mol. The number of carbonyl (C=O) groups is 1. The first-order chi connectivity index (χ1) is 9.60. The Hall–Kier alpha value is -1.79. The summed E-state index contributed by atoms with van der Waals surface area (Å²) in [4.78, 5) is 12.0. The number of nitrogens with one attached hydrogen (secondary N) is 1.